The Balaban J connectivity index is 2.10. The van der Waals surface area contributed by atoms with Crippen molar-refractivity contribution in [2.75, 3.05) is 0 Å². The minimum Gasteiger partial charge on any atom is -0.289 e. The fourth-order valence-corrected chi connectivity index (χ4v) is 1.49. The van der Waals surface area contributed by atoms with E-state index in [1.165, 1.54) is 5.56 Å². The lowest BCUT2D eigenvalue weighted by molar-refractivity contribution is 0.104. The molecule has 2 rings (SSSR count). The number of carbonyl (C=O) groups is 1. The number of ketones is 1. The maximum atomic E-state index is 11.8. The van der Waals surface area contributed by atoms with E-state index in [0.29, 0.717) is 5.56 Å². The molecule has 1 heterocycles. The molecule has 0 aliphatic rings. The van der Waals surface area contributed by atoms with Crippen molar-refractivity contribution >= 4 is 11.9 Å². The molecule has 2 aromatic rings. The van der Waals surface area contributed by atoms with Gasteiger partial charge < -0.3 is 0 Å². The van der Waals surface area contributed by atoms with Crippen LogP contribution in [-0.2, 0) is 7.05 Å². The first-order valence-corrected chi connectivity index (χ1v) is 5.43. The number of hydrogen-bond donors (Lipinski definition) is 0. The number of benzene rings is 1. The molecule has 0 unspecified atom stereocenters. The highest BCUT2D eigenvalue weighted by atomic mass is 16.1. The zero-order valence-electron chi connectivity index (χ0n) is 9.92. The average molecular weight is 226 g/mol. The van der Waals surface area contributed by atoms with E-state index in [1.54, 1.807) is 30.2 Å². The van der Waals surface area contributed by atoms with E-state index in [9.17, 15) is 4.79 Å². The normalized spacial score (nSPS) is 10.9. The highest BCUT2D eigenvalue weighted by Crippen LogP contribution is 2.06. The number of nitrogens with zero attached hydrogens (tertiary/aromatic N) is 2. The predicted octanol–water partition coefficient (Wildman–Crippen LogP) is 2.62. The van der Waals surface area contributed by atoms with E-state index in [0.717, 1.165) is 5.56 Å². The highest BCUT2D eigenvalue weighted by Gasteiger charge is 2.03. The number of hydrogen-bond acceptors (Lipinski definition) is 2. The second kappa shape index (κ2) is 4.78. The summed E-state index contributed by atoms with van der Waals surface area (Å²) < 4.78 is 1.62. The summed E-state index contributed by atoms with van der Waals surface area (Å²) in [6.45, 7) is 2.04. The zero-order chi connectivity index (χ0) is 12.3. The van der Waals surface area contributed by atoms with Gasteiger partial charge in [0.25, 0.3) is 0 Å². The third kappa shape index (κ3) is 2.91. The molecular formula is C14H14N2O. The quantitative estimate of drug-likeness (QED) is 0.595. The molecule has 0 radical (unpaired) electrons. The molecule has 0 N–H and O–H groups in total. The summed E-state index contributed by atoms with van der Waals surface area (Å²) >= 11 is 0. The van der Waals surface area contributed by atoms with Crippen LogP contribution < -0.4 is 0 Å². The first-order valence-electron chi connectivity index (χ1n) is 5.43. The summed E-state index contributed by atoms with van der Waals surface area (Å²) in [6, 6.07) is 8.02. The first kappa shape index (κ1) is 11.3. The van der Waals surface area contributed by atoms with Crippen molar-refractivity contribution in [1.29, 1.82) is 0 Å². The van der Waals surface area contributed by atoms with Gasteiger partial charge in [0.05, 0.1) is 11.8 Å². The molecule has 0 aliphatic heterocycles. The Morgan fingerprint density at radius 2 is 2.00 bits per heavy atom. The van der Waals surface area contributed by atoms with Crippen LogP contribution in [0, 0.1) is 6.92 Å². The SMILES string of the molecule is Cc1ccc(/C=C/C(=O)c2cnn(C)c2)cc1. The van der Waals surface area contributed by atoms with Gasteiger partial charge in [0.1, 0.15) is 0 Å². The monoisotopic (exact) mass is 226 g/mol. The summed E-state index contributed by atoms with van der Waals surface area (Å²) in [6.07, 6.45) is 6.67. The smallest absolute Gasteiger partial charge is 0.189 e. The Hall–Kier alpha value is -2.16. The third-order valence-corrected chi connectivity index (χ3v) is 2.49. The number of allylic oxidation sites excluding steroid dienone is 1. The van der Waals surface area contributed by atoms with Gasteiger partial charge in [-0.2, -0.15) is 5.10 Å². The van der Waals surface area contributed by atoms with E-state index in [4.69, 9.17) is 0 Å². The molecule has 1 aromatic heterocycles. The fourth-order valence-electron chi connectivity index (χ4n) is 1.49. The van der Waals surface area contributed by atoms with Crippen LogP contribution in [-0.4, -0.2) is 15.6 Å². The van der Waals surface area contributed by atoms with Crippen LogP contribution in [0.3, 0.4) is 0 Å². The van der Waals surface area contributed by atoms with Crippen LogP contribution in [0.1, 0.15) is 21.5 Å². The second-order valence-electron chi connectivity index (χ2n) is 4.01. The van der Waals surface area contributed by atoms with Crippen molar-refractivity contribution in [2.45, 2.75) is 6.92 Å². The zero-order valence-corrected chi connectivity index (χ0v) is 9.92. The molecule has 17 heavy (non-hydrogen) atoms. The Morgan fingerprint density at radius 1 is 1.29 bits per heavy atom. The van der Waals surface area contributed by atoms with Crippen LogP contribution in [0.15, 0.2) is 42.7 Å². The van der Waals surface area contributed by atoms with Gasteiger partial charge in [-0.25, -0.2) is 0 Å². The largest absolute Gasteiger partial charge is 0.289 e. The Morgan fingerprint density at radius 3 is 2.59 bits per heavy atom. The molecule has 0 spiro atoms. The number of aryl methyl sites for hydroxylation is 2. The van der Waals surface area contributed by atoms with E-state index in [2.05, 4.69) is 5.10 Å². The molecular weight excluding hydrogens is 212 g/mol. The minimum absolute atomic E-state index is 0.0290. The molecule has 3 heteroatoms. The van der Waals surface area contributed by atoms with Crippen LogP contribution in [0.25, 0.3) is 6.08 Å². The highest BCUT2D eigenvalue weighted by molar-refractivity contribution is 6.06. The third-order valence-electron chi connectivity index (χ3n) is 2.49. The topological polar surface area (TPSA) is 34.9 Å². The number of rotatable bonds is 3. The van der Waals surface area contributed by atoms with Gasteiger partial charge in [0, 0.05) is 13.2 Å². The molecule has 0 fully saturated rings. The fraction of sp³-hybridized carbons (Fsp3) is 0.143. The van der Waals surface area contributed by atoms with Gasteiger partial charge in [-0.3, -0.25) is 9.48 Å². The maximum Gasteiger partial charge on any atom is 0.189 e. The number of carbonyl (C=O) groups excluding carboxylic acids is 1. The molecule has 1 aromatic carbocycles. The Kier molecular flexibility index (Phi) is 3.19. The van der Waals surface area contributed by atoms with Crippen molar-refractivity contribution in [1.82, 2.24) is 9.78 Å². The van der Waals surface area contributed by atoms with Crippen molar-refractivity contribution < 1.29 is 4.79 Å². The standard InChI is InChI=1S/C14H14N2O/c1-11-3-5-12(6-4-11)7-8-14(17)13-9-15-16(2)10-13/h3-10H,1-2H3/b8-7+. The van der Waals surface area contributed by atoms with Crippen molar-refractivity contribution in [3.05, 3.63) is 59.4 Å². The van der Waals surface area contributed by atoms with Crippen LogP contribution >= 0.6 is 0 Å². The number of aromatic nitrogens is 2. The second-order valence-corrected chi connectivity index (χ2v) is 4.01. The lowest BCUT2D eigenvalue weighted by atomic mass is 10.1. The van der Waals surface area contributed by atoms with Crippen molar-refractivity contribution in [2.24, 2.45) is 7.05 Å². The van der Waals surface area contributed by atoms with E-state index < -0.39 is 0 Å². The molecule has 0 aliphatic carbocycles. The summed E-state index contributed by atoms with van der Waals surface area (Å²) in [4.78, 5) is 11.8. The molecule has 0 amide bonds. The van der Waals surface area contributed by atoms with Gasteiger partial charge in [-0.15, -0.1) is 0 Å². The van der Waals surface area contributed by atoms with Crippen molar-refractivity contribution in [3.63, 3.8) is 0 Å². The first-order chi connectivity index (χ1) is 8.15. The Bertz CT molecular complexity index is 550. The van der Waals surface area contributed by atoms with Gasteiger partial charge in [-0.1, -0.05) is 35.9 Å². The van der Waals surface area contributed by atoms with Crippen LogP contribution in [0.5, 0.6) is 0 Å². The molecule has 0 atom stereocenters. The Labute approximate surface area is 100 Å². The molecule has 0 saturated heterocycles. The maximum absolute atomic E-state index is 11.8. The lowest BCUT2D eigenvalue weighted by Gasteiger charge is -1.94. The summed E-state index contributed by atoms with van der Waals surface area (Å²) in [5.41, 5.74) is 2.84. The molecule has 0 saturated carbocycles. The van der Waals surface area contributed by atoms with Gasteiger partial charge in [0.2, 0.25) is 0 Å². The molecule has 3 nitrogen and oxygen atoms in total. The predicted molar refractivity (Wildman–Crippen MR) is 67.8 cm³/mol. The van der Waals surface area contributed by atoms with E-state index >= 15 is 0 Å². The van der Waals surface area contributed by atoms with Crippen LogP contribution in [0.2, 0.25) is 0 Å². The summed E-state index contributed by atoms with van der Waals surface area (Å²) in [5, 5.41) is 3.97. The van der Waals surface area contributed by atoms with Crippen LogP contribution in [0.4, 0.5) is 0 Å². The molecule has 86 valence electrons. The van der Waals surface area contributed by atoms with Crippen molar-refractivity contribution in [3.8, 4) is 0 Å². The average Bonchev–Trinajstić information content (AvgIpc) is 2.75. The van der Waals surface area contributed by atoms with Gasteiger partial charge in [-0.05, 0) is 18.6 Å². The summed E-state index contributed by atoms with van der Waals surface area (Å²) in [5.74, 6) is -0.0290. The lowest BCUT2D eigenvalue weighted by Crippen LogP contribution is -1.91. The minimum atomic E-state index is -0.0290. The van der Waals surface area contributed by atoms with Gasteiger partial charge in [0.15, 0.2) is 5.78 Å². The van der Waals surface area contributed by atoms with Gasteiger partial charge >= 0.3 is 0 Å². The van der Waals surface area contributed by atoms with E-state index in [1.807, 2.05) is 37.3 Å². The van der Waals surface area contributed by atoms with E-state index in [-0.39, 0.29) is 5.78 Å². The molecule has 0 bridgehead atoms. The summed E-state index contributed by atoms with van der Waals surface area (Å²) in [7, 11) is 1.79.